The number of piperazine rings is 1. The molecule has 25 heavy (non-hydrogen) atoms. The van der Waals surface area contributed by atoms with Crippen molar-refractivity contribution < 1.29 is 14.3 Å². The molecule has 0 saturated carbocycles. The van der Waals surface area contributed by atoms with E-state index in [1.54, 1.807) is 29.0 Å². The van der Waals surface area contributed by atoms with E-state index in [2.05, 4.69) is 9.97 Å². The van der Waals surface area contributed by atoms with Gasteiger partial charge in [-0.2, -0.15) is 0 Å². The number of aryl methyl sites for hydroxylation is 1. The standard InChI is InChI=1S/C18H20N4O3/c1-13-3-4-14(11-16(13)25-2)17(23)21-7-9-22(10-8-21)18(24)15-12-19-5-6-20-15/h3-6,11-12H,7-10H2,1-2H3. The second kappa shape index (κ2) is 7.29. The van der Waals surface area contributed by atoms with Crippen LogP contribution in [0, 0.1) is 6.92 Å². The number of hydrogen-bond donors (Lipinski definition) is 0. The second-order valence-electron chi connectivity index (χ2n) is 5.86. The number of methoxy groups -OCH3 is 1. The summed E-state index contributed by atoms with van der Waals surface area (Å²) >= 11 is 0. The lowest BCUT2D eigenvalue weighted by molar-refractivity contribution is 0.0532. The molecule has 1 saturated heterocycles. The molecule has 1 fully saturated rings. The number of amides is 2. The first kappa shape index (κ1) is 16.9. The molecule has 0 bridgehead atoms. The Hall–Kier alpha value is -2.96. The molecule has 2 amide bonds. The van der Waals surface area contributed by atoms with E-state index in [1.165, 1.54) is 18.6 Å². The summed E-state index contributed by atoms with van der Waals surface area (Å²) in [5.74, 6) is 0.490. The summed E-state index contributed by atoms with van der Waals surface area (Å²) in [4.78, 5) is 36.4. The molecule has 7 heteroatoms. The van der Waals surface area contributed by atoms with Crippen LogP contribution in [0.3, 0.4) is 0 Å². The van der Waals surface area contributed by atoms with Gasteiger partial charge in [0, 0.05) is 44.1 Å². The number of aromatic nitrogens is 2. The Balaban J connectivity index is 1.64. The van der Waals surface area contributed by atoms with E-state index in [9.17, 15) is 9.59 Å². The summed E-state index contributed by atoms with van der Waals surface area (Å²) in [6.07, 6.45) is 4.49. The number of carbonyl (C=O) groups excluding carboxylic acids is 2. The van der Waals surface area contributed by atoms with Crippen LogP contribution >= 0.6 is 0 Å². The normalized spacial score (nSPS) is 14.3. The molecule has 1 aliphatic rings. The third-order valence-corrected chi connectivity index (χ3v) is 4.29. The summed E-state index contributed by atoms with van der Waals surface area (Å²) in [7, 11) is 1.59. The topological polar surface area (TPSA) is 75.6 Å². The van der Waals surface area contributed by atoms with Crippen molar-refractivity contribution in [2.75, 3.05) is 33.3 Å². The number of nitrogens with zero attached hydrogens (tertiary/aromatic N) is 4. The first-order chi connectivity index (χ1) is 12.1. The van der Waals surface area contributed by atoms with Crippen molar-refractivity contribution >= 4 is 11.8 Å². The summed E-state index contributed by atoms with van der Waals surface area (Å²) in [6, 6.07) is 5.44. The highest BCUT2D eigenvalue weighted by Gasteiger charge is 2.26. The van der Waals surface area contributed by atoms with Crippen molar-refractivity contribution in [1.82, 2.24) is 19.8 Å². The zero-order valence-corrected chi connectivity index (χ0v) is 14.3. The van der Waals surface area contributed by atoms with Gasteiger partial charge >= 0.3 is 0 Å². The van der Waals surface area contributed by atoms with Gasteiger partial charge in [-0.05, 0) is 24.6 Å². The summed E-state index contributed by atoms with van der Waals surface area (Å²) in [5, 5.41) is 0. The lowest BCUT2D eigenvalue weighted by Gasteiger charge is -2.34. The van der Waals surface area contributed by atoms with Crippen LogP contribution in [0.2, 0.25) is 0 Å². The number of hydrogen-bond acceptors (Lipinski definition) is 5. The Kier molecular flexibility index (Phi) is 4.92. The molecule has 1 aromatic carbocycles. The van der Waals surface area contributed by atoms with Crippen molar-refractivity contribution in [2.24, 2.45) is 0 Å². The highest BCUT2D eigenvalue weighted by Crippen LogP contribution is 2.20. The van der Waals surface area contributed by atoms with Crippen LogP contribution < -0.4 is 4.74 Å². The van der Waals surface area contributed by atoms with Gasteiger partial charge in [0.15, 0.2) is 0 Å². The van der Waals surface area contributed by atoms with E-state index in [4.69, 9.17) is 4.74 Å². The van der Waals surface area contributed by atoms with Gasteiger partial charge in [-0.25, -0.2) is 4.98 Å². The van der Waals surface area contributed by atoms with Crippen LogP contribution in [-0.4, -0.2) is 64.9 Å². The third-order valence-electron chi connectivity index (χ3n) is 4.29. The smallest absolute Gasteiger partial charge is 0.274 e. The largest absolute Gasteiger partial charge is 0.496 e. The van der Waals surface area contributed by atoms with E-state index < -0.39 is 0 Å². The Morgan fingerprint density at radius 1 is 1.04 bits per heavy atom. The molecule has 7 nitrogen and oxygen atoms in total. The quantitative estimate of drug-likeness (QED) is 0.844. The van der Waals surface area contributed by atoms with E-state index in [1.807, 2.05) is 13.0 Å². The van der Waals surface area contributed by atoms with Crippen LogP contribution in [0.5, 0.6) is 5.75 Å². The fourth-order valence-electron chi connectivity index (χ4n) is 2.82. The van der Waals surface area contributed by atoms with E-state index in [0.717, 1.165) is 5.56 Å². The first-order valence-corrected chi connectivity index (χ1v) is 8.09. The molecule has 1 aromatic heterocycles. The second-order valence-corrected chi connectivity index (χ2v) is 5.86. The molecule has 3 rings (SSSR count). The Labute approximate surface area is 146 Å². The van der Waals surface area contributed by atoms with Gasteiger partial charge in [-0.3, -0.25) is 14.6 Å². The van der Waals surface area contributed by atoms with Gasteiger partial charge in [-0.15, -0.1) is 0 Å². The van der Waals surface area contributed by atoms with Crippen molar-refractivity contribution in [1.29, 1.82) is 0 Å². The number of ether oxygens (including phenoxy) is 1. The van der Waals surface area contributed by atoms with Gasteiger partial charge in [0.1, 0.15) is 11.4 Å². The van der Waals surface area contributed by atoms with Gasteiger partial charge in [-0.1, -0.05) is 6.07 Å². The highest BCUT2D eigenvalue weighted by molar-refractivity contribution is 5.95. The van der Waals surface area contributed by atoms with E-state index in [-0.39, 0.29) is 11.8 Å². The number of carbonyl (C=O) groups is 2. The molecule has 130 valence electrons. The third kappa shape index (κ3) is 3.60. The van der Waals surface area contributed by atoms with E-state index >= 15 is 0 Å². The molecule has 2 aromatic rings. The Bertz CT molecular complexity index is 771. The summed E-state index contributed by atoms with van der Waals surface area (Å²) < 4.78 is 5.28. The maximum Gasteiger partial charge on any atom is 0.274 e. The molecule has 0 radical (unpaired) electrons. The van der Waals surface area contributed by atoms with E-state index in [0.29, 0.717) is 43.2 Å². The minimum absolute atomic E-state index is 0.0510. The highest BCUT2D eigenvalue weighted by atomic mass is 16.5. The minimum Gasteiger partial charge on any atom is -0.496 e. The fraction of sp³-hybridized carbons (Fsp3) is 0.333. The lowest BCUT2D eigenvalue weighted by atomic mass is 10.1. The molecule has 0 N–H and O–H groups in total. The zero-order valence-electron chi connectivity index (χ0n) is 14.3. The maximum atomic E-state index is 12.7. The van der Waals surface area contributed by atoms with Crippen molar-refractivity contribution in [3.05, 3.63) is 53.6 Å². The number of rotatable bonds is 3. The van der Waals surface area contributed by atoms with Crippen molar-refractivity contribution in [3.8, 4) is 5.75 Å². The van der Waals surface area contributed by atoms with Crippen molar-refractivity contribution in [3.63, 3.8) is 0 Å². The Morgan fingerprint density at radius 2 is 1.72 bits per heavy atom. The maximum absolute atomic E-state index is 12.7. The zero-order chi connectivity index (χ0) is 17.8. The van der Waals surface area contributed by atoms with Crippen LogP contribution in [0.25, 0.3) is 0 Å². The van der Waals surface area contributed by atoms with Gasteiger partial charge in [0.25, 0.3) is 11.8 Å². The van der Waals surface area contributed by atoms with Crippen LogP contribution in [0.15, 0.2) is 36.8 Å². The van der Waals surface area contributed by atoms with Gasteiger partial charge in [0.05, 0.1) is 13.3 Å². The predicted molar refractivity (Wildman–Crippen MR) is 91.6 cm³/mol. The Morgan fingerprint density at radius 3 is 2.32 bits per heavy atom. The van der Waals surface area contributed by atoms with Crippen LogP contribution in [0.4, 0.5) is 0 Å². The fourth-order valence-corrected chi connectivity index (χ4v) is 2.82. The van der Waals surface area contributed by atoms with Gasteiger partial charge in [0.2, 0.25) is 0 Å². The SMILES string of the molecule is COc1cc(C(=O)N2CCN(C(=O)c3cnccn3)CC2)ccc1C. The molecular formula is C18H20N4O3. The molecule has 0 spiro atoms. The predicted octanol–water partition coefficient (Wildman–Crippen LogP) is 1.39. The van der Waals surface area contributed by atoms with Crippen LogP contribution in [-0.2, 0) is 0 Å². The van der Waals surface area contributed by atoms with Crippen LogP contribution in [0.1, 0.15) is 26.4 Å². The molecule has 0 atom stereocenters. The molecule has 0 aliphatic carbocycles. The average Bonchev–Trinajstić information content (AvgIpc) is 2.68. The molecule has 1 aliphatic heterocycles. The minimum atomic E-state index is -0.155. The summed E-state index contributed by atoms with van der Waals surface area (Å²) in [6.45, 7) is 3.86. The number of benzene rings is 1. The lowest BCUT2D eigenvalue weighted by Crippen LogP contribution is -2.50. The average molecular weight is 340 g/mol. The first-order valence-electron chi connectivity index (χ1n) is 8.09. The van der Waals surface area contributed by atoms with Gasteiger partial charge < -0.3 is 14.5 Å². The summed E-state index contributed by atoms with van der Waals surface area (Å²) in [5.41, 5.74) is 1.90. The molecule has 2 heterocycles. The molecule has 0 unspecified atom stereocenters. The monoisotopic (exact) mass is 340 g/mol. The van der Waals surface area contributed by atoms with Crippen molar-refractivity contribution in [2.45, 2.75) is 6.92 Å². The molecular weight excluding hydrogens is 320 g/mol.